The van der Waals surface area contributed by atoms with Crippen LogP contribution in [-0.2, 0) is 9.53 Å². The van der Waals surface area contributed by atoms with Crippen molar-refractivity contribution in [2.45, 2.75) is 38.1 Å². The Morgan fingerprint density at radius 2 is 1.86 bits per heavy atom. The minimum absolute atomic E-state index is 0. The van der Waals surface area contributed by atoms with Crippen molar-refractivity contribution in [3.8, 4) is 0 Å². The zero-order valence-corrected chi connectivity index (χ0v) is 13.9. The van der Waals surface area contributed by atoms with Crippen LogP contribution in [0.4, 0.5) is 0 Å². The van der Waals surface area contributed by atoms with Crippen molar-refractivity contribution in [1.29, 1.82) is 0 Å². The van der Waals surface area contributed by atoms with Gasteiger partial charge in [0.2, 0.25) is 0 Å². The van der Waals surface area contributed by atoms with E-state index in [1.807, 2.05) is 18.2 Å². The van der Waals surface area contributed by atoms with Gasteiger partial charge in [-0.05, 0) is 38.4 Å². The first-order chi connectivity index (χ1) is 10.3. The molecule has 4 nitrogen and oxygen atoms in total. The van der Waals surface area contributed by atoms with E-state index in [0.717, 1.165) is 24.9 Å². The van der Waals surface area contributed by atoms with E-state index in [2.05, 4.69) is 28.9 Å². The lowest BCUT2D eigenvalue weighted by molar-refractivity contribution is -0.123. The number of nitrogens with zero attached hydrogens (tertiary/aromatic N) is 2. The zero-order valence-electron chi connectivity index (χ0n) is 13.1. The van der Waals surface area contributed by atoms with Crippen molar-refractivity contribution in [2.75, 3.05) is 26.2 Å². The first kappa shape index (κ1) is 17.4. The molecular formula is C17H25ClN2O2. The Bertz CT molecular complexity index is 465. The molecule has 1 aromatic rings. The van der Waals surface area contributed by atoms with Crippen LogP contribution in [0, 0.1) is 0 Å². The van der Waals surface area contributed by atoms with E-state index in [4.69, 9.17) is 4.74 Å². The van der Waals surface area contributed by atoms with E-state index >= 15 is 0 Å². The fraction of sp³-hybridized carbons (Fsp3) is 0.588. The summed E-state index contributed by atoms with van der Waals surface area (Å²) in [5.41, 5.74) is 1.15. The van der Waals surface area contributed by atoms with Crippen LogP contribution in [0.5, 0.6) is 0 Å². The van der Waals surface area contributed by atoms with Crippen LogP contribution in [-0.4, -0.2) is 54.5 Å². The topological polar surface area (TPSA) is 32.8 Å². The van der Waals surface area contributed by atoms with Crippen molar-refractivity contribution in [2.24, 2.45) is 0 Å². The number of hydrogen-bond donors (Lipinski definition) is 0. The Morgan fingerprint density at radius 3 is 2.50 bits per heavy atom. The maximum absolute atomic E-state index is 11.4. The number of carbonyl (C=O) groups excluding carboxylic acids is 1. The summed E-state index contributed by atoms with van der Waals surface area (Å²) < 4.78 is 5.98. The Balaban J connectivity index is 0.00000176. The lowest BCUT2D eigenvalue weighted by Gasteiger charge is -2.26. The van der Waals surface area contributed by atoms with Gasteiger partial charge < -0.3 is 9.64 Å². The summed E-state index contributed by atoms with van der Waals surface area (Å²) in [6.07, 6.45) is 3.11. The quantitative estimate of drug-likeness (QED) is 0.779. The molecule has 0 aliphatic carbocycles. The second-order valence-corrected chi connectivity index (χ2v) is 6.02. The minimum atomic E-state index is -0.409. The third kappa shape index (κ3) is 3.69. The number of halogens is 1. The third-order valence-electron chi connectivity index (χ3n) is 4.69. The lowest BCUT2D eigenvalue weighted by Crippen LogP contribution is -2.41. The molecule has 1 aromatic carbocycles. The zero-order chi connectivity index (χ0) is 14.7. The number of rotatable bonds is 5. The molecule has 2 fully saturated rings. The summed E-state index contributed by atoms with van der Waals surface area (Å²) in [7, 11) is 0. The highest BCUT2D eigenvalue weighted by molar-refractivity contribution is 5.85. The molecule has 5 heteroatoms. The lowest BCUT2D eigenvalue weighted by atomic mass is 10.0. The van der Waals surface area contributed by atoms with Crippen LogP contribution < -0.4 is 0 Å². The molecule has 0 N–H and O–H groups in total. The molecule has 2 heterocycles. The van der Waals surface area contributed by atoms with Gasteiger partial charge in [0.15, 0.2) is 12.5 Å². The van der Waals surface area contributed by atoms with E-state index < -0.39 is 6.23 Å². The second-order valence-electron chi connectivity index (χ2n) is 6.02. The second kappa shape index (κ2) is 8.06. The van der Waals surface area contributed by atoms with Gasteiger partial charge in [-0.3, -0.25) is 9.69 Å². The molecule has 0 spiro atoms. The van der Waals surface area contributed by atoms with Crippen molar-refractivity contribution in [3.05, 3.63) is 35.9 Å². The average Bonchev–Trinajstić information content (AvgIpc) is 3.14. The smallest absolute Gasteiger partial charge is 0.168 e. The SMILES string of the molecule is CC1C(c2ccccc2)OC(C=O)N1CCN1CCCC1.Cl. The standard InChI is InChI=1S/C17H24N2O2.ClH/c1-14-17(15-7-3-2-4-8-15)21-16(13-20)19(14)12-11-18-9-5-6-10-18;/h2-4,7-8,13-14,16-17H,5-6,9-12H2,1H3;1H. The highest BCUT2D eigenvalue weighted by Crippen LogP contribution is 2.33. The van der Waals surface area contributed by atoms with Crippen molar-refractivity contribution in [1.82, 2.24) is 9.80 Å². The number of aldehydes is 1. The van der Waals surface area contributed by atoms with Gasteiger partial charge in [0, 0.05) is 19.1 Å². The molecule has 122 valence electrons. The monoisotopic (exact) mass is 324 g/mol. The third-order valence-corrected chi connectivity index (χ3v) is 4.69. The van der Waals surface area contributed by atoms with Gasteiger partial charge in [-0.2, -0.15) is 0 Å². The van der Waals surface area contributed by atoms with Crippen LogP contribution in [0.25, 0.3) is 0 Å². The molecule has 0 radical (unpaired) electrons. The number of benzene rings is 1. The molecule has 0 saturated carbocycles. The Labute approximate surface area is 138 Å². The number of likely N-dealkylation sites (tertiary alicyclic amines) is 1. The molecule has 0 bridgehead atoms. The largest absolute Gasteiger partial charge is 0.346 e. The van der Waals surface area contributed by atoms with Gasteiger partial charge in [-0.1, -0.05) is 30.3 Å². The minimum Gasteiger partial charge on any atom is -0.346 e. The summed E-state index contributed by atoms with van der Waals surface area (Å²) >= 11 is 0. The molecule has 2 aliphatic heterocycles. The van der Waals surface area contributed by atoms with E-state index in [1.54, 1.807) is 0 Å². The fourth-order valence-electron chi connectivity index (χ4n) is 3.45. The highest BCUT2D eigenvalue weighted by Gasteiger charge is 2.39. The van der Waals surface area contributed by atoms with Crippen molar-refractivity contribution in [3.63, 3.8) is 0 Å². The number of hydrogen-bond acceptors (Lipinski definition) is 4. The van der Waals surface area contributed by atoms with E-state index in [9.17, 15) is 4.79 Å². The van der Waals surface area contributed by atoms with Gasteiger partial charge in [0.05, 0.1) is 0 Å². The molecule has 0 amide bonds. The van der Waals surface area contributed by atoms with Crippen LogP contribution >= 0.6 is 12.4 Å². The van der Waals surface area contributed by atoms with Crippen LogP contribution in [0.2, 0.25) is 0 Å². The Morgan fingerprint density at radius 1 is 1.18 bits per heavy atom. The van der Waals surface area contributed by atoms with Crippen LogP contribution in [0.1, 0.15) is 31.4 Å². The molecule has 0 aromatic heterocycles. The Hall–Kier alpha value is -0.940. The van der Waals surface area contributed by atoms with Crippen molar-refractivity contribution < 1.29 is 9.53 Å². The normalized spacial score (nSPS) is 29.4. The molecule has 3 unspecified atom stereocenters. The predicted molar refractivity (Wildman–Crippen MR) is 89.2 cm³/mol. The van der Waals surface area contributed by atoms with Gasteiger partial charge in [-0.25, -0.2) is 0 Å². The molecule has 3 rings (SSSR count). The molecule has 3 atom stereocenters. The number of ether oxygens (including phenoxy) is 1. The van der Waals surface area contributed by atoms with Gasteiger partial charge in [0.1, 0.15) is 6.10 Å². The van der Waals surface area contributed by atoms with Gasteiger partial charge in [-0.15, -0.1) is 12.4 Å². The van der Waals surface area contributed by atoms with Gasteiger partial charge >= 0.3 is 0 Å². The molecule has 22 heavy (non-hydrogen) atoms. The van der Waals surface area contributed by atoms with Gasteiger partial charge in [0.25, 0.3) is 0 Å². The predicted octanol–water partition coefficient (Wildman–Crippen LogP) is 2.49. The maximum Gasteiger partial charge on any atom is 0.168 e. The molecule has 2 aliphatic rings. The number of carbonyl (C=O) groups is 1. The van der Waals surface area contributed by atoms with Crippen molar-refractivity contribution >= 4 is 18.7 Å². The van der Waals surface area contributed by atoms with Crippen LogP contribution in [0.15, 0.2) is 30.3 Å². The van der Waals surface area contributed by atoms with Crippen LogP contribution in [0.3, 0.4) is 0 Å². The summed E-state index contributed by atoms with van der Waals surface area (Å²) in [5.74, 6) is 0. The van der Waals surface area contributed by atoms with E-state index in [1.165, 1.54) is 25.9 Å². The average molecular weight is 325 g/mol. The summed E-state index contributed by atoms with van der Waals surface area (Å²) in [6, 6.07) is 10.4. The summed E-state index contributed by atoms with van der Waals surface area (Å²) in [6.45, 7) is 6.46. The first-order valence-electron chi connectivity index (χ1n) is 7.93. The first-order valence-corrected chi connectivity index (χ1v) is 7.93. The summed E-state index contributed by atoms with van der Waals surface area (Å²) in [5, 5.41) is 0. The molecule has 2 saturated heterocycles. The Kier molecular flexibility index (Phi) is 6.38. The highest BCUT2D eigenvalue weighted by atomic mass is 35.5. The van der Waals surface area contributed by atoms with E-state index in [0.29, 0.717) is 0 Å². The fourth-order valence-corrected chi connectivity index (χ4v) is 3.45. The maximum atomic E-state index is 11.4. The van der Waals surface area contributed by atoms with E-state index in [-0.39, 0.29) is 24.6 Å². The molecular weight excluding hydrogens is 300 g/mol. The summed E-state index contributed by atoms with van der Waals surface area (Å²) in [4.78, 5) is 16.0.